The summed E-state index contributed by atoms with van der Waals surface area (Å²) in [5.74, 6) is 0.630. The van der Waals surface area contributed by atoms with Crippen molar-refractivity contribution in [2.75, 3.05) is 0 Å². The molecule has 1 rings (SSSR count). The molecule has 0 amide bonds. The molecule has 1 aliphatic carbocycles. The van der Waals surface area contributed by atoms with Gasteiger partial charge in [0.1, 0.15) is 6.17 Å². The van der Waals surface area contributed by atoms with Gasteiger partial charge in [0.15, 0.2) is 0 Å². The first kappa shape index (κ1) is 9.49. The van der Waals surface area contributed by atoms with Crippen LogP contribution in [0, 0.1) is 11.8 Å². The number of hydrogen-bond donors (Lipinski definition) is 0. The summed E-state index contributed by atoms with van der Waals surface area (Å²) in [6.45, 7) is 4.08. The van der Waals surface area contributed by atoms with Crippen molar-refractivity contribution in [2.24, 2.45) is 11.8 Å². The zero-order valence-electron chi connectivity index (χ0n) is 6.98. The van der Waals surface area contributed by atoms with Crippen LogP contribution in [0.5, 0.6) is 0 Å². The van der Waals surface area contributed by atoms with Crippen LogP contribution >= 0.6 is 22.6 Å². The Morgan fingerprint density at radius 3 is 2.82 bits per heavy atom. The van der Waals surface area contributed by atoms with Gasteiger partial charge < -0.3 is 0 Å². The molecular formula is C9H14FI. The lowest BCUT2D eigenvalue weighted by Gasteiger charge is -2.12. The number of halogens is 2. The average molecular weight is 268 g/mol. The Morgan fingerprint density at radius 1 is 1.55 bits per heavy atom. The van der Waals surface area contributed by atoms with E-state index in [1.54, 1.807) is 0 Å². The first-order valence-electron chi connectivity index (χ1n) is 4.10. The molecule has 0 bridgehead atoms. The molecule has 0 saturated heterocycles. The monoisotopic (exact) mass is 268 g/mol. The summed E-state index contributed by atoms with van der Waals surface area (Å²) in [5, 5.41) is 0. The first-order chi connectivity index (χ1) is 5.09. The van der Waals surface area contributed by atoms with E-state index in [9.17, 15) is 4.39 Å². The molecule has 0 aromatic carbocycles. The fraction of sp³-hybridized carbons (Fsp3) is 0.778. The Labute approximate surface area is 81.4 Å². The topological polar surface area (TPSA) is 0 Å². The van der Waals surface area contributed by atoms with Crippen LogP contribution < -0.4 is 0 Å². The van der Waals surface area contributed by atoms with E-state index in [1.807, 2.05) is 6.92 Å². The van der Waals surface area contributed by atoms with Gasteiger partial charge in [-0.25, -0.2) is 4.39 Å². The van der Waals surface area contributed by atoms with E-state index in [1.165, 1.54) is 3.58 Å². The maximum absolute atomic E-state index is 13.2. The Hall–Kier alpha value is 0.400. The van der Waals surface area contributed by atoms with Gasteiger partial charge >= 0.3 is 0 Å². The van der Waals surface area contributed by atoms with Crippen LogP contribution in [0.15, 0.2) is 9.66 Å². The van der Waals surface area contributed by atoms with Gasteiger partial charge in [0, 0.05) is 5.92 Å². The van der Waals surface area contributed by atoms with E-state index in [-0.39, 0.29) is 5.92 Å². The molecule has 0 heterocycles. The van der Waals surface area contributed by atoms with Gasteiger partial charge in [-0.05, 0) is 44.9 Å². The molecule has 1 aliphatic rings. The molecule has 2 heteroatoms. The predicted octanol–water partition coefficient (Wildman–Crippen LogP) is 3.71. The van der Waals surface area contributed by atoms with E-state index in [4.69, 9.17) is 0 Å². The highest BCUT2D eigenvalue weighted by atomic mass is 127. The maximum atomic E-state index is 13.2. The van der Waals surface area contributed by atoms with Crippen LogP contribution in [-0.2, 0) is 0 Å². The standard InChI is InChI=1S/C9H14FI/c1-6-3-8(11)5-7(2)9(10)4-6/h5-7,9H,3-4H2,1-2H3. The maximum Gasteiger partial charge on any atom is 0.106 e. The Bertz CT molecular complexity index is 165. The molecule has 0 nitrogen and oxygen atoms in total. The molecule has 0 fully saturated rings. The summed E-state index contributed by atoms with van der Waals surface area (Å²) in [6, 6.07) is 0. The molecule has 0 spiro atoms. The predicted molar refractivity (Wildman–Crippen MR) is 54.6 cm³/mol. The molecule has 0 saturated carbocycles. The quantitative estimate of drug-likeness (QED) is 0.587. The first-order valence-corrected chi connectivity index (χ1v) is 5.17. The van der Waals surface area contributed by atoms with Crippen molar-refractivity contribution < 1.29 is 4.39 Å². The number of alkyl halides is 1. The van der Waals surface area contributed by atoms with E-state index in [0.717, 1.165) is 12.8 Å². The van der Waals surface area contributed by atoms with Crippen LogP contribution in [0.3, 0.4) is 0 Å². The third kappa shape index (κ3) is 2.73. The van der Waals surface area contributed by atoms with E-state index >= 15 is 0 Å². The van der Waals surface area contributed by atoms with Gasteiger partial charge in [0.05, 0.1) is 0 Å². The highest BCUT2D eigenvalue weighted by molar-refractivity contribution is 14.1. The van der Waals surface area contributed by atoms with Crippen molar-refractivity contribution in [3.8, 4) is 0 Å². The molecule has 0 N–H and O–H groups in total. The van der Waals surface area contributed by atoms with Crippen LogP contribution in [0.2, 0.25) is 0 Å². The van der Waals surface area contributed by atoms with Crippen LogP contribution in [0.4, 0.5) is 4.39 Å². The average Bonchev–Trinajstić information content (AvgIpc) is 1.93. The molecule has 0 aliphatic heterocycles. The molecular weight excluding hydrogens is 254 g/mol. The second kappa shape index (κ2) is 3.87. The molecule has 0 radical (unpaired) electrons. The van der Waals surface area contributed by atoms with Gasteiger partial charge in [-0.1, -0.05) is 19.9 Å². The summed E-state index contributed by atoms with van der Waals surface area (Å²) in [6.07, 6.45) is 3.22. The highest BCUT2D eigenvalue weighted by Crippen LogP contribution is 2.31. The highest BCUT2D eigenvalue weighted by Gasteiger charge is 2.21. The zero-order chi connectivity index (χ0) is 8.43. The summed E-state index contributed by atoms with van der Waals surface area (Å²) in [5.41, 5.74) is 0. The van der Waals surface area contributed by atoms with Gasteiger partial charge in [-0.2, -0.15) is 0 Å². The van der Waals surface area contributed by atoms with Gasteiger partial charge in [-0.3, -0.25) is 0 Å². The Kier molecular flexibility index (Phi) is 3.34. The van der Waals surface area contributed by atoms with Gasteiger partial charge in [0.25, 0.3) is 0 Å². The van der Waals surface area contributed by atoms with E-state index < -0.39 is 6.17 Å². The third-order valence-corrected chi connectivity index (χ3v) is 2.99. The van der Waals surface area contributed by atoms with Crippen molar-refractivity contribution in [2.45, 2.75) is 32.9 Å². The molecule has 64 valence electrons. The molecule has 0 aromatic rings. The summed E-state index contributed by atoms with van der Waals surface area (Å²) in [4.78, 5) is 0. The Morgan fingerprint density at radius 2 is 2.18 bits per heavy atom. The second-order valence-corrected chi connectivity index (χ2v) is 4.92. The lowest BCUT2D eigenvalue weighted by molar-refractivity contribution is 0.235. The summed E-state index contributed by atoms with van der Waals surface area (Å²) >= 11 is 2.32. The van der Waals surface area contributed by atoms with Crippen LogP contribution in [0.1, 0.15) is 26.7 Å². The SMILES string of the molecule is CC1CC(I)=CC(C)C(F)C1. The minimum absolute atomic E-state index is 0.117. The number of hydrogen-bond acceptors (Lipinski definition) is 0. The fourth-order valence-electron chi connectivity index (χ4n) is 1.47. The van der Waals surface area contributed by atoms with Crippen molar-refractivity contribution in [1.29, 1.82) is 0 Å². The largest absolute Gasteiger partial charge is 0.247 e. The number of rotatable bonds is 0. The minimum atomic E-state index is -0.628. The Balaban J connectivity index is 2.67. The van der Waals surface area contributed by atoms with Gasteiger partial charge in [0.2, 0.25) is 0 Å². The zero-order valence-corrected chi connectivity index (χ0v) is 9.14. The summed E-state index contributed by atoms with van der Waals surface area (Å²) < 4.78 is 14.5. The fourth-order valence-corrected chi connectivity index (χ4v) is 2.79. The smallest absolute Gasteiger partial charge is 0.106 e. The van der Waals surface area contributed by atoms with E-state index in [2.05, 4.69) is 35.6 Å². The van der Waals surface area contributed by atoms with Crippen molar-refractivity contribution in [3.63, 3.8) is 0 Å². The molecule has 11 heavy (non-hydrogen) atoms. The minimum Gasteiger partial charge on any atom is -0.247 e. The molecule has 3 atom stereocenters. The van der Waals surface area contributed by atoms with Crippen molar-refractivity contribution in [3.05, 3.63) is 9.66 Å². The lowest BCUT2D eigenvalue weighted by atomic mass is 9.98. The van der Waals surface area contributed by atoms with Crippen LogP contribution in [0.25, 0.3) is 0 Å². The van der Waals surface area contributed by atoms with Crippen molar-refractivity contribution >= 4 is 22.6 Å². The van der Waals surface area contributed by atoms with Crippen LogP contribution in [-0.4, -0.2) is 6.17 Å². The normalized spacial score (nSPS) is 39.6. The number of allylic oxidation sites excluding steroid dienone is 2. The third-order valence-electron chi connectivity index (χ3n) is 2.19. The summed E-state index contributed by atoms with van der Waals surface area (Å²) in [7, 11) is 0. The lowest BCUT2D eigenvalue weighted by Crippen LogP contribution is -2.11. The molecule has 0 aromatic heterocycles. The van der Waals surface area contributed by atoms with Gasteiger partial charge in [-0.15, -0.1) is 0 Å². The molecule has 3 unspecified atom stereocenters. The second-order valence-electron chi connectivity index (χ2n) is 3.53. The van der Waals surface area contributed by atoms with Crippen molar-refractivity contribution in [1.82, 2.24) is 0 Å². The van der Waals surface area contributed by atoms with E-state index in [0.29, 0.717) is 5.92 Å².